The minimum Gasteiger partial charge on any atom is -0.497 e. The first-order chi connectivity index (χ1) is 11.2. The summed E-state index contributed by atoms with van der Waals surface area (Å²) in [6, 6.07) is 12.6. The Labute approximate surface area is 134 Å². The molecule has 0 spiro atoms. The predicted octanol–water partition coefficient (Wildman–Crippen LogP) is 3.62. The molecule has 0 unspecified atom stereocenters. The number of hydrogen-bond donors (Lipinski definition) is 1. The molecule has 1 aliphatic rings. The van der Waals surface area contributed by atoms with Gasteiger partial charge < -0.3 is 19.5 Å². The standard InChI is InChI=1S/C18H17NO4/c1-12(8-16(20)13-4-3-5-15(9-13)21-2)19-14-6-7-17-18(10-14)23-11-22-17/h3-10,19H,11H2,1-2H3. The molecule has 0 aromatic heterocycles. The molecule has 23 heavy (non-hydrogen) atoms. The summed E-state index contributed by atoms with van der Waals surface area (Å²) in [6.07, 6.45) is 1.55. The third kappa shape index (κ3) is 3.45. The molecule has 0 bridgehead atoms. The number of anilines is 1. The van der Waals surface area contributed by atoms with E-state index in [-0.39, 0.29) is 12.6 Å². The summed E-state index contributed by atoms with van der Waals surface area (Å²) in [5, 5.41) is 3.17. The van der Waals surface area contributed by atoms with Gasteiger partial charge in [-0.3, -0.25) is 4.79 Å². The summed E-state index contributed by atoms with van der Waals surface area (Å²) < 4.78 is 15.7. The first kappa shape index (κ1) is 15.0. The van der Waals surface area contributed by atoms with Crippen LogP contribution in [0.15, 0.2) is 54.2 Å². The Bertz CT molecular complexity index is 767. The van der Waals surface area contributed by atoms with E-state index in [1.807, 2.05) is 25.1 Å². The summed E-state index contributed by atoms with van der Waals surface area (Å²) in [5.74, 6) is 1.99. The summed E-state index contributed by atoms with van der Waals surface area (Å²) in [7, 11) is 1.58. The van der Waals surface area contributed by atoms with Gasteiger partial charge in [-0.1, -0.05) is 12.1 Å². The lowest BCUT2D eigenvalue weighted by Gasteiger charge is -2.08. The van der Waals surface area contributed by atoms with E-state index < -0.39 is 0 Å². The monoisotopic (exact) mass is 311 g/mol. The van der Waals surface area contributed by atoms with Crippen molar-refractivity contribution in [2.75, 3.05) is 19.2 Å². The van der Waals surface area contributed by atoms with Crippen LogP contribution >= 0.6 is 0 Å². The van der Waals surface area contributed by atoms with Crippen molar-refractivity contribution in [3.63, 3.8) is 0 Å². The summed E-state index contributed by atoms with van der Waals surface area (Å²) in [5.41, 5.74) is 2.15. The fourth-order valence-electron chi connectivity index (χ4n) is 2.29. The lowest BCUT2D eigenvalue weighted by Crippen LogP contribution is -2.01. The minimum atomic E-state index is -0.0883. The molecule has 0 amide bonds. The van der Waals surface area contributed by atoms with Crippen molar-refractivity contribution in [2.24, 2.45) is 0 Å². The Morgan fingerprint density at radius 1 is 1.17 bits per heavy atom. The Balaban J connectivity index is 1.72. The van der Waals surface area contributed by atoms with Gasteiger partial charge in [0.25, 0.3) is 0 Å². The fourth-order valence-corrected chi connectivity index (χ4v) is 2.29. The van der Waals surface area contributed by atoms with E-state index in [0.29, 0.717) is 17.1 Å². The van der Waals surface area contributed by atoms with Gasteiger partial charge in [0, 0.05) is 29.1 Å². The largest absolute Gasteiger partial charge is 0.497 e. The van der Waals surface area contributed by atoms with Gasteiger partial charge in [-0.15, -0.1) is 0 Å². The Morgan fingerprint density at radius 3 is 2.83 bits per heavy atom. The number of rotatable bonds is 5. The second-order valence-corrected chi connectivity index (χ2v) is 5.12. The van der Waals surface area contributed by atoms with Gasteiger partial charge in [0.05, 0.1) is 7.11 Å². The number of methoxy groups -OCH3 is 1. The van der Waals surface area contributed by atoms with Crippen LogP contribution in [0.3, 0.4) is 0 Å². The van der Waals surface area contributed by atoms with E-state index in [0.717, 1.165) is 17.1 Å². The molecule has 0 aliphatic carbocycles. The van der Waals surface area contributed by atoms with Crippen LogP contribution in [0, 0.1) is 0 Å². The average Bonchev–Trinajstić information content (AvgIpc) is 3.02. The van der Waals surface area contributed by atoms with Crippen LogP contribution in [-0.2, 0) is 0 Å². The lowest BCUT2D eigenvalue weighted by molar-refractivity contribution is 0.104. The van der Waals surface area contributed by atoms with Crippen LogP contribution < -0.4 is 19.5 Å². The van der Waals surface area contributed by atoms with Crippen LogP contribution in [0.25, 0.3) is 0 Å². The van der Waals surface area contributed by atoms with Gasteiger partial charge in [-0.05, 0) is 31.2 Å². The normalized spacial score (nSPS) is 12.9. The van der Waals surface area contributed by atoms with E-state index in [1.54, 1.807) is 37.5 Å². The van der Waals surface area contributed by atoms with Gasteiger partial charge in [0.2, 0.25) is 6.79 Å². The SMILES string of the molecule is COc1cccc(C(=O)C=C(C)Nc2ccc3c(c2)OCO3)c1. The summed E-state index contributed by atoms with van der Waals surface area (Å²) in [6.45, 7) is 2.07. The van der Waals surface area contributed by atoms with Gasteiger partial charge in [0.1, 0.15) is 5.75 Å². The number of carbonyl (C=O) groups is 1. The third-order valence-electron chi connectivity index (χ3n) is 3.42. The minimum absolute atomic E-state index is 0.0883. The second-order valence-electron chi connectivity index (χ2n) is 5.12. The highest BCUT2D eigenvalue weighted by Crippen LogP contribution is 2.34. The van der Waals surface area contributed by atoms with E-state index in [2.05, 4.69) is 5.32 Å². The number of ether oxygens (including phenoxy) is 3. The first-order valence-corrected chi connectivity index (χ1v) is 7.19. The van der Waals surface area contributed by atoms with E-state index in [4.69, 9.17) is 14.2 Å². The van der Waals surface area contributed by atoms with Crippen molar-refractivity contribution in [1.29, 1.82) is 0 Å². The molecule has 0 atom stereocenters. The molecule has 1 N–H and O–H groups in total. The lowest BCUT2D eigenvalue weighted by atomic mass is 10.1. The first-order valence-electron chi connectivity index (χ1n) is 7.19. The van der Waals surface area contributed by atoms with Gasteiger partial charge in [0.15, 0.2) is 17.3 Å². The molecular formula is C18H17NO4. The van der Waals surface area contributed by atoms with Crippen molar-refractivity contribution < 1.29 is 19.0 Å². The van der Waals surface area contributed by atoms with Crippen molar-refractivity contribution >= 4 is 11.5 Å². The van der Waals surface area contributed by atoms with Gasteiger partial charge >= 0.3 is 0 Å². The maximum Gasteiger partial charge on any atom is 0.231 e. The molecule has 3 rings (SSSR count). The zero-order valence-electron chi connectivity index (χ0n) is 13.0. The molecule has 5 nitrogen and oxygen atoms in total. The molecule has 0 radical (unpaired) electrons. The molecule has 2 aromatic carbocycles. The molecular weight excluding hydrogens is 294 g/mol. The zero-order valence-corrected chi connectivity index (χ0v) is 13.0. The van der Waals surface area contributed by atoms with Crippen LogP contribution in [0.2, 0.25) is 0 Å². The molecule has 0 saturated heterocycles. The van der Waals surface area contributed by atoms with Gasteiger partial charge in [-0.2, -0.15) is 0 Å². The molecule has 2 aromatic rings. The molecule has 0 fully saturated rings. The predicted molar refractivity (Wildman–Crippen MR) is 87.3 cm³/mol. The zero-order chi connectivity index (χ0) is 16.2. The fraction of sp³-hybridized carbons (Fsp3) is 0.167. The number of carbonyl (C=O) groups excluding carboxylic acids is 1. The average molecular weight is 311 g/mol. The molecule has 118 valence electrons. The molecule has 5 heteroatoms. The van der Waals surface area contributed by atoms with E-state index >= 15 is 0 Å². The Hall–Kier alpha value is -2.95. The number of ketones is 1. The highest BCUT2D eigenvalue weighted by atomic mass is 16.7. The Kier molecular flexibility index (Phi) is 4.19. The second kappa shape index (κ2) is 6.44. The van der Waals surface area contributed by atoms with Crippen molar-refractivity contribution in [1.82, 2.24) is 0 Å². The maximum absolute atomic E-state index is 12.3. The van der Waals surface area contributed by atoms with Crippen molar-refractivity contribution in [3.05, 3.63) is 59.8 Å². The highest BCUT2D eigenvalue weighted by Gasteiger charge is 2.13. The van der Waals surface area contributed by atoms with Crippen LogP contribution in [0.4, 0.5) is 5.69 Å². The number of allylic oxidation sites excluding steroid dienone is 2. The topological polar surface area (TPSA) is 56.8 Å². The van der Waals surface area contributed by atoms with Crippen molar-refractivity contribution in [3.8, 4) is 17.2 Å². The number of hydrogen-bond acceptors (Lipinski definition) is 5. The smallest absolute Gasteiger partial charge is 0.231 e. The quantitative estimate of drug-likeness (QED) is 0.675. The third-order valence-corrected chi connectivity index (χ3v) is 3.42. The van der Waals surface area contributed by atoms with Crippen LogP contribution in [-0.4, -0.2) is 19.7 Å². The van der Waals surface area contributed by atoms with E-state index in [1.165, 1.54) is 0 Å². The van der Waals surface area contributed by atoms with E-state index in [9.17, 15) is 4.79 Å². The van der Waals surface area contributed by atoms with Gasteiger partial charge in [-0.25, -0.2) is 0 Å². The summed E-state index contributed by atoms with van der Waals surface area (Å²) >= 11 is 0. The van der Waals surface area contributed by atoms with Crippen LogP contribution in [0.5, 0.6) is 17.2 Å². The molecule has 0 saturated carbocycles. The summed E-state index contributed by atoms with van der Waals surface area (Å²) in [4.78, 5) is 12.3. The Morgan fingerprint density at radius 2 is 2.00 bits per heavy atom. The molecule has 1 aliphatic heterocycles. The number of fused-ring (bicyclic) bond motifs is 1. The molecule has 1 heterocycles. The maximum atomic E-state index is 12.3. The van der Waals surface area contributed by atoms with Crippen LogP contribution in [0.1, 0.15) is 17.3 Å². The van der Waals surface area contributed by atoms with Crippen molar-refractivity contribution in [2.45, 2.75) is 6.92 Å². The highest BCUT2D eigenvalue weighted by molar-refractivity contribution is 6.05. The number of benzene rings is 2. The number of nitrogens with one attached hydrogen (secondary N) is 1.